The first-order valence-corrected chi connectivity index (χ1v) is 9.30. The maximum absolute atomic E-state index is 12.5. The maximum atomic E-state index is 12.5. The molecule has 0 unspecified atom stereocenters. The predicted molar refractivity (Wildman–Crippen MR) is 101 cm³/mol. The quantitative estimate of drug-likeness (QED) is 0.893. The summed E-state index contributed by atoms with van der Waals surface area (Å²) in [6, 6.07) is 7.55. The molecule has 3 rings (SSSR count). The van der Waals surface area contributed by atoms with E-state index in [2.05, 4.69) is 10.3 Å². The third-order valence-electron chi connectivity index (χ3n) is 4.16. The van der Waals surface area contributed by atoms with E-state index in [9.17, 15) is 9.59 Å². The van der Waals surface area contributed by atoms with E-state index in [1.54, 1.807) is 22.3 Å². The molecule has 1 aliphatic rings. The Labute approximate surface area is 156 Å². The Balaban J connectivity index is 1.53. The minimum absolute atomic E-state index is 0.0951. The number of nitrogens with one attached hydrogen (secondary N) is 1. The smallest absolute Gasteiger partial charge is 0.321 e. The van der Waals surface area contributed by atoms with Gasteiger partial charge in [-0.15, -0.1) is 11.3 Å². The molecule has 8 heteroatoms. The highest BCUT2D eigenvalue weighted by Gasteiger charge is 2.26. The molecule has 0 saturated carbocycles. The fraction of sp³-hybridized carbons (Fsp3) is 0.389. The Morgan fingerprint density at radius 2 is 1.96 bits per heavy atom. The van der Waals surface area contributed by atoms with Gasteiger partial charge in [-0.1, -0.05) is 12.1 Å². The number of hydrogen-bond acceptors (Lipinski definition) is 5. The van der Waals surface area contributed by atoms with Crippen molar-refractivity contribution in [3.8, 4) is 0 Å². The largest absolute Gasteiger partial charge is 0.378 e. The molecule has 1 aromatic heterocycles. The second-order valence-corrected chi connectivity index (χ2v) is 7.08. The number of carbonyl (C=O) groups is 2. The summed E-state index contributed by atoms with van der Waals surface area (Å²) in [5, 5.41) is 5.45. The number of aryl methyl sites for hydroxylation is 1. The Morgan fingerprint density at radius 3 is 2.65 bits per heavy atom. The van der Waals surface area contributed by atoms with Crippen LogP contribution in [0.4, 0.5) is 10.5 Å². The minimum Gasteiger partial charge on any atom is -0.378 e. The molecule has 1 fully saturated rings. The third-order valence-corrected chi connectivity index (χ3v) is 4.98. The van der Waals surface area contributed by atoms with E-state index in [0.29, 0.717) is 38.5 Å². The molecule has 0 atom stereocenters. The predicted octanol–water partition coefficient (Wildman–Crippen LogP) is 2.59. The van der Waals surface area contributed by atoms with Crippen LogP contribution in [0.25, 0.3) is 0 Å². The zero-order valence-electron chi connectivity index (χ0n) is 14.9. The number of methoxy groups -OCH3 is 1. The number of carbonyl (C=O) groups excluding carboxylic acids is 2. The van der Waals surface area contributed by atoms with Crippen molar-refractivity contribution in [2.75, 3.05) is 38.6 Å². The number of urea groups is 1. The summed E-state index contributed by atoms with van der Waals surface area (Å²) in [5.74, 6) is -0.0951. The lowest BCUT2D eigenvalue weighted by atomic mass is 10.2. The van der Waals surface area contributed by atoms with Gasteiger partial charge in [-0.3, -0.25) is 4.79 Å². The van der Waals surface area contributed by atoms with Crippen molar-refractivity contribution in [1.82, 2.24) is 14.8 Å². The molecule has 138 valence electrons. The zero-order chi connectivity index (χ0) is 18.5. The van der Waals surface area contributed by atoms with Crippen molar-refractivity contribution in [2.45, 2.75) is 13.5 Å². The fourth-order valence-corrected chi connectivity index (χ4v) is 3.54. The monoisotopic (exact) mass is 374 g/mol. The van der Waals surface area contributed by atoms with Crippen LogP contribution in [0.15, 0.2) is 29.6 Å². The normalized spacial score (nSPS) is 14.4. The standard InChI is InChI=1S/C18H22N4O3S/c1-13-4-3-5-14(10-13)19-18(24)22-8-6-21(7-9-22)17(23)15-12-26-16(20-15)11-25-2/h3-5,10,12H,6-9,11H2,1-2H3,(H,19,24). The Kier molecular flexibility index (Phi) is 5.85. The van der Waals surface area contributed by atoms with Crippen molar-refractivity contribution in [1.29, 1.82) is 0 Å². The molecule has 0 aliphatic carbocycles. The second-order valence-electron chi connectivity index (χ2n) is 6.14. The Bertz CT molecular complexity index is 784. The molecule has 0 spiro atoms. The summed E-state index contributed by atoms with van der Waals surface area (Å²) in [4.78, 5) is 32.7. The number of aromatic nitrogens is 1. The van der Waals surface area contributed by atoms with E-state index in [0.717, 1.165) is 16.3 Å². The number of amides is 3. The molecule has 7 nitrogen and oxygen atoms in total. The lowest BCUT2D eigenvalue weighted by molar-refractivity contribution is 0.0666. The molecule has 0 radical (unpaired) electrons. The summed E-state index contributed by atoms with van der Waals surface area (Å²) >= 11 is 1.42. The number of anilines is 1. The SMILES string of the molecule is COCc1nc(C(=O)N2CCN(C(=O)Nc3cccc(C)c3)CC2)cs1. The van der Waals surface area contributed by atoms with Crippen molar-refractivity contribution >= 4 is 29.0 Å². The van der Waals surface area contributed by atoms with E-state index in [4.69, 9.17) is 4.74 Å². The van der Waals surface area contributed by atoms with E-state index in [1.165, 1.54) is 11.3 Å². The van der Waals surface area contributed by atoms with Crippen LogP contribution in [-0.2, 0) is 11.3 Å². The second kappa shape index (κ2) is 8.29. The summed E-state index contributed by atoms with van der Waals surface area (Å²) in [5.41, 5.74) is 2.32. The number of rotatable bonds is 4. The Morgan fingerprint density at radius 1 is 1.23 bits per heavy atom. The first-order valence-electron chi connectivity index (χ1n) is 8.42. The van der Waals surface area contributed by atoms with Gasteiger partial charge < -0.3 is 19.9 Å². The minimum atomic E-state index is -0.140. The van der Waals surface area contributed by atoms with Gasteiger partial charge in [-0.25, -0.2) is 9.78 Å². The van der Waals surface area contributed by atoms with Crippen molar-refractivity contribution in [3.63, 3.8) is 0 Å². The van der Waals surface area contributed by atoms with Crippen LogP contribution in [-0.4, -0.2) is 60.0 Å². The zero-order valence-corrected chi connectivity index (χ0v) is 15.7. The first kappa shape index (κ1) is 18.3. The van der Waals surface area contributed by atoms with Crippen LogP contribution in [0.5, 0.6) is 0 Å². The fourth-order valence-electron chi connectivity index (χ4n) is 2.80. The van der Waals surface area contributed by atoms with Gasteiger partial charge in [0, 0.05) is 44.4 Å². The number of benzene rings is 1. The van der Waals surface area contributed by atoms with Crippen molar-refractivity contribution in [3.05, 3.63) is 45.9 Å². The van der Waals surface area contributed by atoms with Crippen LogP contribution in [0.1, 0.15) is 21.1 Å². The van der Waals surface area contributed by atoms with Crippen LogP contribution in [0.2, 0.25) is 0 Å². The molecule has 2 aromatic rings. The highest BCUT2D eigenvalue weighted by molar-refractivity contribution is 7.09. The highest BCUT2D eigenvalue weighted by Crippen LogP contribution is 2.15. The lowest BCUT2D eigenvalue weighted by Gasteiger charge is -2.34. The summed E-state index contributed by atoms with van der Waals surface area (Å²) < 4.78 is 5.03. The van der Waals surface area contributed by atoms with Crippen LogP contribution in [0, 0.1) is 6.92 Å². The maximum Gasteiger partial charge on any atom is 0.321 e. The highest BCUT2D eigenvalue weighted by atomic mass is 32.1. The average molecular weight is 374 g/mol. The summed E-state index contributed by atoms with van der Waals surface area (Å²) in [6.45, 7) is 4.38. The van der Waals surface area contributed by atoms with Gasteiger partial charge in [0.05, 0.1) is 6.61 Å². The average Bonchev–Trinajstić information content (AvgIpc) is 3.10. The van der Waals surface area contributed by atoms with Gasteiger partial charge in [-0.2, -0.15) is 0 Å². The summed E-state index contributed by atoms with van der Waals surface area (Å²) in [6.07, 6.45) is 0. The molecule has 0 bridgehead atoms. The van der Waals surface area contributed by atoms with E-state index in [-0.39, 0.29) is 11.9 Å². The lowest BCUT2D eigenvalue weighted by Crippen LogP contribution is -2.51. The summed E-state index contributed by atoms with van der Waals surface area (Å²) in [7, 11) is 1.60. The Hall–Kier alpha value is -2.45. The number of nitrogens with zero attached hydrogens (tertiary/aromatic N) is 3. The van der Waals surface area contributed by atoms with Crippen LogP contribution >= 0.6 is 11.3 Å². The van der Waals surface area contributed by atoms with Crippen molar-refractivity contribution in [2.24, 2.45) is 0 Å². The third kappa shape index (κ3) is 4.39. The van der Waals surface area contributed by atoms with E-state index in [1.807, 2.05) is 31.2 Å². The molecule has 1 N–H and O–H groups in total. The molecular formula is C18H22N4O3S. The number of thiazole rings is 1. The van der Waals surface area contributed by atoms with E-state index >= 15 is 0 Å². The van der Waals surface area contributed by atoms with Gasteiger partial charge in [0.2, 0.25) is 0 Å². The van der Waals surface area contributed by atoms with E-state index < -0.39 is 0 Å². The molecular weight excluding hydrogens is 352 g/mol. The molecule has 2 heterocycles. The molecule has 3 amide bonds. The number of hydrogen-bond donors (Lipinski definition) is 1. The van der Waals surface area contributed by atoms with Gasteiger partial charge in [0.15, 0.2) is 0 Å². The molecule has 1 aromatic carbocycles. The van der Waals surface area contributed by atoms with Gasteiger partial charge in [0.25, 0.3) is 5.91 Å². The van der Waals surface area contributed by atoms with Gasteiger partial charge >= 0.3 is 6.03 Å². The molecule has 1 saturated heterocycles. The number of piperazine rings is 1. The van der Waals surface area contributed by atoms with Gasteiger partial charge in [0.1, 0.15) is 10.7 Å². The molecule has 1 aliphatic heterocycles. The van der Waals surface area contributed by atoms with Crippen molar-refractivity contribution < 1.29 is 14.3 Å². The molecule has 26 heavy (non-hydrogen) atoms. The van der Waals surface area contributed by atoms with Crippen LogP contribution in [0.3, 0.4) is 0 Å². The topological polar surface area (TPSA) is 74.8 Å². The first-order chi connectivity index (χ1) is 12.6. The van der Waals surface area contributed by atoms with Gasteiger partial charge in [-0.05, 0) is 24.6 Å². The number of ether oxygens (including phenoxy) is 1. The van der Waals surface area contributed by atoms with Crippen LogP contribution < -0.4 is 5.32 Å².